The Morgan fingerprint density at radius 2 is 1.73 bits per heavy atom. The van der Waals surface area contributed by atoms with E-state index in [0.29, 0.717) is 38.7 Å². The molecule has 5 rings (SSSR count). The Bertz CT molecular complexity index is 1580. The SMILES string of the molecule is COc1cccc(C2C(C(=O)c3cc4cc(Cl)cc(OC)c4o3)=C(O)C(=O)N2c2cc(C)cc(C)c2)c1. The Morgan fingerprint density at radius 1 is 1.00 bits per heavy atom. The molecule has 37 heavy (non-hydrogen) atoms. The molecule has 1 unspecified atom stereocenters. The van der Waals surface area contributed by atoms with Gasteiger partial charge in [0, 0.05) is 22.2 Å². The van der Waals surface area contributed by atoms with Crippen molar-refractivity contribution in [1.82, 2.24) is 0 Å². The van der Waals surface area contributed by atoms with Crippen molar-refractivity contribution in [3.8, 4) is 11.5 Å². The maximum absolute atomic E-state index is 13.9. The molecule has 3 aromatic carbocycles. The standard InChI is InChI=1S/C29H24ClNO6/c1-15-8-16(2)10-20(9-15)31-25(17-6-5-7-21(12-17)35-3)24(27(33)29(31)34)26(32)22-13-18-11-19(30)14-23(36-4)28(18)37-22/h5-14,25,33H,1-4H3. The van der Waals surface area contributed by atoms with Crippen LogP contribution in [0.15, 0.2) is 76.4 Å². The van der Waals surface area contributed by atoms with E-state index in [2.05, 4.69) is 0 Å². The Hall–Kier alpha value is -4.23. The van der Waals surface area contributed by atoms with Gasteiger partial charge in [-0.3, -0.25) is 14.5 Å². The van der Waals surface area contributed by atoms with E-state index in [1.165, 1.54) is 25.2 Å². The van der Waals surface area contributed by atoms with Crippen LogP contribution in [0.1, 0.15) is 33.3 Å². The van der Waals surface area contributed by atoms with Gasteiger partial charge in [0.1, 0.15) is 5.75 Å². The van der Waals surface area contributed by atoms with E-state index < -0.39 is 23.5 Å². The van der Waals surface area contributed by atoms with Gasteiger partial charge in [-0.1, -0.05) is 29.8 Å². The number of aliphatic hydroxyl groups is 1. The third-order valence-corrected chi connectivity index (χ3v) is 6.56. The summed E-state index contributed by atoms with van der Waals surface area (Å²) in [5, 5.41) is 12.1. The first-order chi connectivity index (χ1) is 17.7. The monoisotopic (exact) mass is 517 g/mol. The maximum Gasteiger partial charge on any atom is 0.294 e. The van der Waals surface area contributed by atoms with E-state index in [1.54, 1.807) is 36.4 Å². The molecule has 7 nitrogen and oxygen atoms in total. The highest BCUT2D eigenvalue weighted by Crippen LogP contribution is 2.44. The third kappa shape index (κ3) is 4.21. The molecule has 0 radical (unpaired) electrons. The minimum Gasteiger partial charge on any atom is -0.503 e. The summed E-state index contributed by atoms with van der Waals surface area (Å²) in [4.78, 5) is 28.8. The number of hydrogen-bond acceptors (Lipinski definition) is 6. The number of amides is 1. The highest BCUT2D eigenvalue weighted by molar-refractivity contribution is 6.31. The van der Waals surface area contributed by atoms with Crippen molar-refractivity contribution >= 4 is 39.9 Å². The fourth-order valence-corrected chi connectivity index (χ4v) is 5.02. The van der Waals surface area contributed by atoms with Crippen LogP contribution < -0.4 is 14.4 Å². The summed E-state index contributed by atoms with van der Waals surface area (Å²) in [6.07, 6.45) is 0. The topological polar surface area (TPSA) is 89.2 Å². The number of aryl methyl sites for hydroxylation is 2. The molecule has 4 aromatic rings. The smallest absolute Gasteiger partial charge is 0.294 e. The lowest BCUT2D eigenvalue weighted by Gasteiger charge is -2.27. The van der Waals surface area contributed by atoms with Gasteiger partial charge < -0.3 is 19.0 Å². The van der Waals surface area contributed by atoms with Crippen LogP contribution in [0.4, 0.5) is 5.69 Å². The quantitative estimate of drug-likeness (QED) is 0.293. The highest BCUT2D eigenvalue weighted by Gasteiger charge is 2.45. The summed E-state index contributed by atoms with van der Waals surface area (Å²) in [6, 6.07) is 16.5. The van der Waals surface area contributed by atoms with E-state index in [0.717, 1.165) is 11.1 Å². The number of benzene rings is 3. The number of anilines is 1. The van der Waals surface area contributed by atoms with Crippen LogP contribution >= 0.6 is 11.6 Å². The van der Waals surface area contributed by atoms with Crippen LogP contribution in [0.5, 0.6) is 11.5 Å². The van der Waals surface area contributed by atoms with Gasteiger partial charge in [0.2, 0.25) is 5.78 Å². The number of ketones is 1. The van der Waals surface area contributed by atoms with Crippen LogP contribution in [0.2, 0.25) is 5.02 Å². The van der Waals surface area contributed by atoms with Gasteiger partial charge in [-0.2, -0.15) is 0 Å². The van der Waals surface area contributed by atoms with Gasteiger partial charge >= 0.3 is 0 Å². The van der Waals surface area contributed by atoms with Crippen molar-refractivity contribution in [2.45, 2.75) is 19.9 Å². The number of carbonyl (C=O) groups excluding carboxylic acids is 2. The Kier molecular flexibility index (Phi) is 6.17. The molecular weight excluding hydrogens is 494 g/mol. The number of hydrogen-bond donors (Lipinski definition) is 1. The molecule has 1 atom stereocenters. The molecule has 1 N–H and O–H groups in total. The molecule has 0 spiro atoms. The number of aliphatic hydroxyl groups excluding tert-OH is 1. The molecule has 188 valence electrons. The molecule has 0 fully saturated rings. The summed E-state index contributed by atoms with van der Waals surface area (Å²) in [5.74, 6) is -1.09. The number of fused-ring (bicyclic) bond motifs is 1. The second-order valence-corrected chi connectivity index (χ2v) is 9.37. The van der Waals surface area contributed by atoms with Gasteiger partial charge in [-0.05, 0) is 66.9 Å². The predicted molar refractivity (Wildman–Crippen MR) is 141 cm³/mol. The van der Waals surface area contributed by atoms with Crippen molar-refractivity contribution in [1.29, 1.82) is 0 Å². The number of ether oxygens (including phenoxy) is 2. The van der Waals surface area contributed by atoms with Crippen molar-refractivity contribution < 1.29 is 28.6 Å². The number of halogens is 1. The molecule has 1 aliphatic heterocycles. The van der Waals surface area contributed by atoms with Crippen LogP contribution in [-0.2, 0) is 4.79 Å². The summed E-state index contributed by atoms with van der Waals surface area (Å²) >= 11 is 6.19. The molecular formula is C29H24ClNO6. The molecule has 8 heteroatoms. The fraction of sp³-hybridized carbons (Fsp3) is 0.172. The lowest BCUT2D eigenvalue weighted by molar-refractivity contribution is -0.117. The molecule has 0 bridgehead atoms. The maximum atomic E-state index is 13.9. The predicted octanol–water partition coefficient (Wildman–Crippen LogP) is 6.50. The number of rotatable bonds is 6. The molecule has 1 aromatic heterocycles. The number of nitrogens with zero attached hydrogens (tertiary/aromatic N) is 1. The van der Waals surface area contributed by atoms with E-state index in [1.807, 2.05) is 32.0 Å². The highest BCUT2D eigenvalue weighted by atomic mass is 35.5. The van der Waals surface area contributed by atoms with Gasteiger partial charge in [-0.25, -0.2) is 0 Å². The normalized spacial score (nSPS) is 15.5. The minimum absolute atomic E-state index is 0.0555. The van der Waals surface area contributed by atoms with Crippen molar-refractivity contribution in [2.24, 2.45) is 0 Å². The van der Waals surface area contributed by atoms with Crippen LogP contribution in [0.3, 0.4) is 0 Å². The first-order valence-electron chi connectivity index (χ1n) is 11.5. The zero-order valence-electron chi connectivity index (χ0n) is 20.7. The molecule has 2 heterocycles. The van der Waals surface area contributed by atoms with Gasteiger partial charge in [0.25, 0.3) is 5.91 Å². The lowest BCUT2D eigenvalue weighted by atomic mass is 9.94. The van der Waals surface area contributed by atoms with E-state index >= 15 is 0 Å². The minimum atomic E-state index is -0.921. The summed E-state index contributed by atoms with van der Waals surface area (Å²) in [6.45, 7) is 3.84. The van der Waals surface area contributed by atoms with Crippen molar-refractivity contribution in [3.05, 3.63) is 99.5 Å². The molecule has 0 saturated heterocycles. The first kappa shape index (κ1) is 24.5. The van der Waals surface area contributed by atoms with Crippen LogP contribution in [0.25, 0.3) is 11.0 Å². The zero-order chi connectivity index (χ0) is 26.4. The number of furan rings is 1. The van der Waals surface area contributed by atoms with E-state index in [4.69, 9.17) is 25.5 Å². The number of methoxy groups -OCH3 is 2. The number of carbonyl (C=O) groups is 2. The van der Waals surface area contributed by atoms with Crippen LogP contribution in [0, 0.1) is 13.8 Å². The molecule has 1 aliphatic rings. The second-order valence-electron chi connectivity index (χ2n) is 8.93. The Labute approximate surface area is 218 Å². The second kappa shape index (κ2) is 9.33. The average Bonchev–Trinajstić information content (AvgIpc) is 3.41. The average molecular weight is 518 g/mol. The first-order valence-corrected chi connectivity index (χ1v) is 11.9. The molecule has 0 aliphatic carbocycles. The summed E-state index contributed by atoms with van der Waals surface area (Å²) in [5.41, 5.74) is 3.27. The fourth-order valence-electron chi connectivity index (χ4n) is 4.80. The Morgan fingerprint density at radius 3 is 2.41 bits per heavy atom. The zero-order valence-corrected chi connectivity index (χ0v) is 21.4. The van der Waals surface area contributed by atoms with Gasteiger partial charge in [-0.15, -0.1) is 0 Å². The van der Waals surface area contributed by atoms with E-state index in [-0.39, 0.29) is 11.3 Å². The van der Waals surface area contributed by atoms with Gasteiger partial charge in [0.05, 0.1) is 25.8 Å². The molecule has 0 saturated carbocycles. The van der Waals surface area contributed by atoms with Gasteiger partial charge in [0.15, 0.2) is 22.9 Å². The number of Topliss-reactive ketones (excluding diaryl/α,β-unsaturated/α-hetero) is 1. The Balaban J connectivity index is 1.69. The summed E-state index contributed by atoms with van der Waals surface area (Å²) < 4.78 is 16.6. The largest absolute Gasteiger partial charge is 0.503 e. The van der Waals surface area contributed by atoms with Crippen molar-refractivity contribution in [2.75, 3.05) is 19.1 Å². The summed E-state index contributed by atoms with van der Waals surface area (Å²) in [7, 11) is 3.01. The third-order valence-electron chi connectivity index (χ3n) is 6.34. The van der Waals surface area contributed by atoms with Crippen LogP contribution in [-0.4, -0.2) is 31.0 Å². The van der Waals surface area contributed by atoms with Crippen molar-refractivity contribution in [3.63, 3.8) is 0 Å². The molecule has 1 amide bonds. The lowest BCUT2D eigenvalue weighted by Crippen LogP contribution is -2.31. The van der Waals surface area contributed by atoms with E-state index in [9.17, 15) is 14.7 Å².